The van der Waals surface area contributed by atoms with Crippen molar-refractivity contribution in [2.45, 2.75) is 38.8 Å². The highest BCUT2D eigenvalue weighted by Crippen LogP contribution is 2.18. The molecule has 7 heteroatoms. The number of nitrogens with zero attached hydrogens (tertiary/aromatic N) is 2. The number of nitrogens with one attached hydrogen (secondary N) is 1. The Hall–Kier alpha value is -3.35. The third-order valence-corrected chi connectivity index (χ3v) is 4.86. The number of alkyl carbamates (subject to hydrolysis) is 1. The summed E-state index contributed by atoms with van der Waals surface area (Å²) in [6.07, 6.45) is -0.0318. The summed E-state index contributed by atoms with van der Waals surface area (Å²) in [5, 5.41) is 2.87. The molecular formula is C24H29N3O4. The van der Waals surface area contributed by atoms with Crippen molar-refractivity contribution in [2.24, 2.45) is 0 Å². The van der Waals surface area contributed by atoms with Crippen LogP contribution in [0.2, 0.25) is 0 Å². The van der Waals surface area contributed by atoms with Gasteiger partial charge in [-0.05, 0) is 44.9 Å². The van der Waals surface area contributed by atoms with Gasteiger partial charge in [-0.15, -0.1) is 0 Å². The number of amides is 3. The van der Waals surface area contributed by atoms with Crippen molar-refractivity contribution in [3.8, 4) is 0 Å². The highest BCUT2D eigenvalue weighted by atomic mass is 16.6. The van der Waals surface area contributed by atoms with E-state index in [9.17, 15) is 14.4 Å². The van der Waals surface area contributed by atoms with Crippen molar-refractivity contribution in [3.63, 3.8) is 0 Å². The van der Waals surface area contributed by atoms with Crippen LogP contribution in [0.4, 0.5) is 10.5 Å². The number of benzene rings is 2. The highest BCUT2D eigenvalue weighted by Gasteiger charge is 2.35. The Morgan fingerprint density at radius 1 is 0.968 bits per heavy atom. The maximum absolute atomic E-state index is 12.8. The fraction of sp³-hybridized carbons (Fsp3) is 0.375. The summed E-state index contributed by atoms with van der Waals surface area (Å²) in [6.45, 7) is 6.40. The van der Waals surface area contributed by atoms with Crippen LogP contribution < -0.4 is 10.2 Å². The molecule has 31 heavy (non-hydrogen) atoms. The van der Waals surface area contributed by atoms with Crippen molar-refractivity contribution in [1.29, 1.82) is 0 Å². The van der Waals surface area contributed by atoms with Crippen LogP contribution in [0.15, 0.2) is 60.7 Å². The van der Waals surface area contributed by atoms with Crippen molar-refractivity contribution in [2.75, 3.05) is 24.5 Å². The Labute approximate surface area is 183 Å². The van der Waals surface area contributed by atoms with Gasteiger partial charge < -0.3 is 19.9 Å². The van der Waals surface area contributed by atoms with Crippen molar-refractivity contribution in [3.05, 3.63) is 66.2 Å². The minimum Gasteiger partial charge on any atom is -0.444 e. The lowest BCUT2D eigenvalue weighted by atomic mass is 10.0. The van der Waals surface area contributed by atoms with E-state index in [0.717, 1.165) is 5.56 Å². The van der Waals surface area contributed by atoms with Gasteiger partial charge in [0.1, 0.15) is 5.60 Å². The van der Waals surface area contributed by atoms with Crippen LogP contribution in [0.5, 0.6) is 0 Å². The van der Waals surface area contributed by atoms with E-state index < -0.39 is 29.6 Å². The standard InChI is InChI=1S/C24H29N3O4/c1-24(2,3)31-23(30)25-19(16-18-10-6-4-7-11-18)17-26-14-15-27(22(29)21(26)28)20-12-8-5-9-13-20/h4-13,19H,14-17H2,1-3H3,(H,25,30)/t19-/m0/s1. The average molecular weight is 424 g/mol. The molecule has 0 aromatic heterocycles. The summed E-state index contributed by atoms with van der Waals surface area (Å²) in [4.78, 5) is 40.9. The van der Waals surface area contributed by atoms with Crippen molar-refractivity contribution < 1.29 is 19.1 Å². The summed E-state index contributed by atoms with van der Waals surface area (Å²) >= 11 is 0. The van der Waals surface area contributed by atoms with Gasteiger partial charge in [0.2, 0.25) is 0 Å². The topological polar surface area (TPSA) is 79.0 Å². The first-order valence-corrected chi connectivity index (χ1v) is 10.4. The van der Waals surface area contributed by atoms with Crippen LogP contribution in [-0.2, 0) is 20.7 Å². The van der Waals surface area contributed by atoms with Gasteiger partial charge in [0, 0.05) is 25.3 Å². The zero-order valence-corrected chi connectivity index (χ0v) is 18.2. The largest absolute Gasteiger partial charge is 0.444 e. The van der Waals surface area contributed by atoms with E-state index >= 15 is 0 Å². The zero-order chi connectivity index (χ0) is 22.4. The maximum Gasteiger partial charge on any atom is 0.407 e. The van der Waals surface area contributed by atoms with Crippen LogP contribution in [-0.4, -0.2) is 54.1 Å². The molecule has 1 aliphatic heterocycles. The van der Waals surface area contributed by atoms with Crippen LogP contribution in [0.25, 0.3) is 0 Å². The first-order chi connectivity index (χ1) is 14.7. The molecule has 1 fully saturated rings. The second-order valence-electron chi connectivity index (χ2n) is 8.58. The number of carbonyl (C=O) groups excluding carboxylic acids is 3. The summed E-state index contributed by atoms with van der Waals surface area (Å²) < 4.78 is 5.39. The lowest BCUT2D eigenvalue weighted by Gasteiger charge is -2.36. The fourth-order valence-corrected chi connectivity index (χ4v) is 3.50. The number of para-hydroxylation sites is 1. The smallest absolute Gasteiger partial charge is 0.407 e. The minimum atomic E-state index is -0.630. The van der Waals surface area contributed by atoms with E-state index in [-0.39, 0.29) is 6.54 Å². The third-order valence-electron chi connectivity index (χ3n) is 4.86. The number of ether oxygens (including phenoxy) is 1. The van der Waals surface area contributed by atoms with Crippen molar-refractivity contribution >= 4 is 23.6 Å². The quantitative estimate of drug-likeness (QED) is 0.725. The Balaban J connectivity index is 1.70. The number of hydrogen-bond donors (Lipinski definition) is 1. The van der Waals surface area contributed by atoms with E-state index in [2.05, 4.69) is 5.32 Å². The van der Waals surface area contributed by atoms with E-state index in [1.165, 1.54) is 9.80 Å². The molecule has 0 unspecified atom stereocenters. The summed E-state index contributed by atoms with van der Waals surface area (Å²) in [5.41, 5.74) is 1.09. The van der Waals surface area contributed by atoms with Crippen LogP contribution in [0.3, 0.4) is 0 Å². The lowest BCUT2D eigenvalue weighted by Crippen LogP contribution is -2.58. The van der Waals surface area contributed by atoms with Crippen LogP contribution >= 0.6 is 0 Å². The minimum absolute atomic E-state index is 0.224. The molecule has 2 aromatic carbocycles. The molecule has 0 aliphatic carbocycles. The first-order valence-electron chi connectivity index (χ1n) is 10.4. The van der Waals surface area contributed by atoms with Gasteiger partial charge in [-0.25, -0.2) is 4.79 Å². The molecule has 1 N–H and O–H groups in total. The molecule has 0 radical (unpaired) electrons. The third kappa shape index (κ3) is 6.31. The van der Waals surface area contributed by atoms with Gasteiger partial charge in [0.15, 0.2) is 0 Å². The van der Waals surface area contributed by atoms with Gasteiger partial charge in [0.05, 0.1) is 6.04 Å². The van der Waals surface area contributed by atoms with E-state index in [1.807, 2.05) is 60.7 Å². The summed E-state index contributed by atoms with van der Waals surface area (Å²) in [6, 6.07) is 18.5. The van der Waals surface area contributed by atoms with Gasteiger partial charge >= 0.3 is 17.9 Å². The van der Waals surface area contributed by atoms with E-state index in [1.54, 1.807) is 20.8 Å². The summed E-state index contributed by atoms with van der Waals surface area (Å²) in [7, 11) is 0. The normalized spacial score (nSPS) is 15.6. The molecule has 3 rings (SSSR count). The Bertz CT molecular complexity index is 909. The maximum atomic E-state index is 12.8. The van der Waals surface area contributed by atoms with Crippen LogP contribution in [0, 0.1) is 0 Å². The average Bonchev–Trinajstić information content (AvgIpc) is 2.71. The van der Waals surface area contributed by atoms with Gasteiger partial charge in [-0.1, -0.05) is 48.5 Å². The molecule has 1 heterocycles. The molecule has 2 aromatic rings. The SMILES string of the molecule is CC(C)(C)OC(=O)N[C@@H](Cc1ccccc1)CN1CCN(c2ccccc2)C(=O)C1=O. The number of hydrogen-bond acceptors (Lipinski definition) is 4. The van der Waals surface area contributed by atoms with Crippen molar-refractivity contribution in [1.82, 2.24) is 10.2 Å². The highest BCUT2D eigenvalue weighted by molar-refractivity contribution is 6.41. The zero-order valence-electron chi connectivity index (χ0n) is 18.2. The second-order valence-corrected chi connectivity index (χ2v) is 8.58. The molecule has 164 valence electrons. The molecule has 0 bridgehead atoms. The molecule has 3 amide bonds. The molecule has 0 saturated carbocycles. The molecule has 1 aliphatic rings. The predicted octanol–water partition coefficient (Wildman–Crippen LogP) is 3.00. The lowest BCUT2D eigenvalue weighted by molar-refractivity contribution is -0.146. The summed E-state index contributed by atoms with van der Waals surface area (Å²) in [5.74, 6) is -1.13. The predicted molar refractivity (Wildman–Crippen MR) is 119 cm³/mol. The molecule has 1 atom stereocenters. The van der Waals surface area contributed by atoms with E-state index in [0.29, 0.717) is 25.2 Å². The Morgan fingerprint density at radius 3 is 2.19 bits per heavy atom. The molecule has 7 nitrogen and oxygen atoms in total. The fourth-order valence-electron chi connectivity index (χ4n) is 3.50. The first kappa shape index (κ1) is 22.3. The monoisotopic (exact) mass is 423 g/mol. The molecular weight excluding hydrogens is 394 g/mol. The number of carbonyl (C=O) groups is 3. The van der Waals surface area contributed by atoms with Gasteiger partial charge in [0.25, 0.3) is 0 Å². The number of piperazine rings is 1. The molecule has 1 saturated heterocycles. The van der Waals surface area contributed by atoms with Crippen LogP contribution in [0.1, 0.15) is 26.3 Å². The van der Waals surface area contributed by atoms with E-state index in [4.69, 9.17) is 4.74 Å². The Morgan fingerprint density at radius 2 is 1.58 bits per heavy atom. The van der Waals surface area contributed by atoms with Gasteiger partial charge in [-0.3, -0.25) is 9.59 Å². The second kappa shape index (κ2) is 9.64. The van der Waals surface area contributed by atoms with Gasteiger partial charge in [-0.2, -0.15) is 0 Å². The number of anilines is 1. The number of rotatable bonds is 6. The Kier molecular flexibility index (Phi) is 6.95. The molecule has 0 spiro atoms.